The first-order valence-electron chi connectivity index (χ1n) is 5.55. The van der Waals surface area contributed by atoms with E-state index in [1.165, 1.54) is 12.1 Å². The number of benzene rings is 1. The van der Waals surface area contributed by atoms with Gasteiger partial charge in [-0.05, 0) is 12.1 Å². The van der Waals surface area contributed by atoms with Crippen molar-refractivity contribution in [2.24, 2.45) is 5.41 Å². The lowest BCUT2D eigenvalue weighted by atomic mass is 9.91. The number of hydrogen-bond donors (Lipinski definition) is 3. The molecular weight excluding hydrogens is 234 g/mol. The van der Waals surface area contributed by atoms with Crippen LogP contribution in [0.1, 0.15) is 31.1 Å². The zero-order valence-electron chi connectivity index (χ0n) is 10.7. The van der Waals surface area contributed by atoms with Crippen molar-refractivity contribution in [1.29, 1.82) is 0 Å². The number of nitrogens with one attached hydrogen (secondary N) is 1. The Kier molecular flexibility index (Phi) is 3.96. The molecule has 0 aliphatic rings. The fraction of sp³-hybridized carbons (Fsp3) is 0.385. The van der Waals surface area contributed by atoms with Crippen LogP contribution in [-0.4, -0.2) is 28.4 Å². The number of phenolic OH excluding ortho intramolecular Hbond substituents is 2. The fourth-order valence-electron chi connectivity index (χ4n) is 1.23. The lowest BCUT2D eigenvalue weighted by Gasteiger charge is -2.16. The molecule has 1 rings (SSSR count). The SMILES string of the molecule is CC(C)(C)C(=O)CNC(=O)c1ccc(O)cc1O. The molecule has 1 amide bonds. The summed E-state index contributed by atoms with van der Waals surface area (Å²) in [6.07, 6.45) is 0. The topological polar surface area (TPSA) is 86.6 Å². The molecule has 5 heteroatoms. The Morgan fingerprint density at radius 2 is 1.83 bits per heavy atom. The van der Waals surface area contributed by atoms with Gasteiger partial charge in [0, 0.05) is 11.5 Å². The van der Waals surface area contributed by atoms with Crippen LogP contribution < -0.4 is 5.32 Å². The van der Waals surface area contributed by atoms with Crippen molar-refractivity contribution in [3.8, 4) is 11.5 Å². The molecule has 3 N–H and O–H groups in total. The monoisotopic (exact) mass is 251 g/mol. The van der Waals surface area contributed by atoms with Crippen molar-refractivity contribution in [1.82, 2.24) is 5.32 Å². The standard InChI is InChI=1S/C13H17NO4/c1-13(2,3)11(17)7-14-12(18)9-5-4-8(15)6-10(9)16/h4-6,15-16H,7H2,1-3H3,(H,14,18). The van der Waals surface area contributed by atoms with Gasteiger partial charge in [0.15, 0.2) is 5.78 Å². The Hall–Kier alpha value is -2.04. The third-order valence-electron chi connectivity index (χ3n) is 2.47. The highest BCUT2D eigenvalue weighted by molar-refractivity contribution is 5.99. The average Bonchev–Trinajstić information content (AvgIpc) is 2.24. The Labute approximate surface area is 105 Å². The van der Waals surface area contributed by atoms with Crippen LogP contribution in [0.4, 0.5) is 0 Å². The van der Waals surface area contributed by atoms with Gasteiger partial charge in [0.1, 0.15) is 11.5 Å². The van der Waals surface area contributed by atoms with Crippen LogP contribution in [0.2, 0.25) is 0 Å². The molecule has 18 heavy (non-hydrogen) atoms. The minimum Gasteiger partial charge on any atom is -0.508 e. The predicted octanol–water partition coefficient (Wildman–Crippen LogP) is 1.44. The molecule has 0 aliphatic heterocycles. The van der Waals surface area contributed by atoms with Gasteiger partial charge in [0.05, 0.1) is 12.1 Å². The molecule has 5 nitrogen and oxygen atoms in total. The van der Waals surface area contributed by atoms with E-state index in [2.05, 4.69) is 5.32 Å². The van der Waals surface area contributed by atoms with Crippen LogP contribution in [0.3, 0.4) is 0 Å². The predicted molar refractivity (Wildman–Crippen MR) is 66.6 cm³/mol. The Balaban J connectivity index is 2.70. The molecular formula is C13H17NO4. The third kappa shape index (κ3) is 3.48. The van der Waals surface area contributed by atoms with Gasteiger partial charge in [-0.3, -0.25) is 9.59 Å². The summed E-state index contributed by atoms with van der Waals surface area (Å²) in [6, 6.07) is 3.66. The molecule has 0 saturated carbocycles. The van der Waals surface area contributed by atoms with Gasteiger partial charge in [-0.25, -0.2) is 0 Å². The van der Waals surface area contributed by atoms with E-state index in [-0.39, 0.29) is 29.4 Å². The Morgan fingerprint density at radius 1 is 1.22 bits per heavy atom. The van der Waals surface area contributed by atoms with Crippen molar-refractivity contribution < 1.29 is 19.8 Å². The molecule has 0 aromatic heterocycles. The molecule has 0 saturated heterocycles. The van der Waals surface area contributed by atoms with Gasteiger partial charge in [-0.2, -0.15) is 0 Å². The van der Waals surface area contributed by atoms with E-state index in [0.29, 0.717) is 0 Å². The summed E-state index contributed by atoms with van der Waals surface area (Å²) < 4.78 is 0. The van der Waals surface area contributed by atoms with Gasteiger partial charge in [0.2, 0.25) is 0 Å². The number of phenols is 2. The van der Waals surface area contributed by atoms with Crippen LogP contribution in [-0.2, 0) is 4.79 Å². The second-order valence-electron chi connectivity index (χ2n) is 5.06. The van der Waals surface area contributed by atoms with E-state index in [4.69, 9.17) is 5.11 Å². The molecule has 98 valence electrons. The molecule has 0 heterocycles. The molecule has 0 fully saturated rings. The summed E-state index contributed by atoms with van der Waals surface area (Å²) in [4.78, 5) is 23.3. The van der Waals surface area contributed by atoms with Crippen molar-refractivity contribution >= 4 is 11.7 Å². The molecule has 0 bridgehead atoms. The summed E-state index contributed by atoms with van der Waals surface area (Å²) >= 11 is 0. The minimum absolute atomic E-state index is 0.0227. The second kappa shape index (κ2) is 5.08. The first-order valence-corrected chi connectivity index (χ1v) is 5.55. The quantitative estimate of drug-likeness (QED) is 0.758. The highest BCUT2D eigenvalue weighted by Gasteiger charge is 2.22. The number of hydrogen-bond acceptors (Lipinski definition) is 4. The van der Waals surface area contributed by atoms with Gasteiger partial charge in [-0.15, -0.1) is 0 Å². The summed E-state index contributed by atoms with van der Waals surface area (Å²) in [7, 11) is 0. The van der Waals surface area contributed by atoms with Gasteiger partial charge >= 0.3 is 0 Å². The first-order chi connectivity index (χ1) is 8.21. The normalized spacial score (nSPS) is 11.1. The zero-order valence-corrected chi connectivity index (χ0v) is 10.7. The largest absolute Gasteiger partial charge is 0.508 e. The Bertz CT molecular complexity index is 474. The van der Waals surface area contributed by atoms with Crippen LogP contribution >= 0.6 is 0 Å². The van der Waals surface area contributed by atoms with Crippen molar-refractivity contribution in [2.75, 3.05) is 6.54 Å². The summed E-state index contributed by atoms with van der Waals surface area (Å²) in [6.45, 7) is 5.20. The van der Waals surface area contributed by atoms with Crippen LogP contribution in [0.25, 0.3) is 0 Å². The average molecular weight is 251 g/mol. The van der Waals surface area contributed by atoms with Crippen LogP contribution in [0, 0.1) is 5.41 Å². The van der Waals surface area contributed by atoms with Gasteiger partial charge in [-0.1, -0.05) is 20.8 Å². The minimum atomic E-state index is -0.551. The molecule has 0 atom stereocenters. The van der Waals surface area contributed by atoms with E-state index in [9.17, 15) is 14.7 Å². The number of ketones is 1. The van der Waals surface area contributed by atoms with Crippen molar-refractivity contribution in [2.45, 2.75) is 20.8 Å². The maximum atomic E-state index is 11.7. The summed E-state index contributed by atoms with van der Waals surface area (Å²) in [5.41, 5.74) is -0.501. The van der Waals surface area contributed by atoms with E-state index in [1.807, 2.05) is 0 Å². The number of rotatable bonds is 3. The fourth-order valence-corrected chi connectivity index (χ4v) is 1.23. The van der Waals surface area contributed by atoms with Crippen LogP contribution in [0.15, 0.2) is 18.2 Å². The van der Waals surface area contributed by atoms with Crippen molar-refractivity contribution in [3.63, 3.8) is 0 Å². The second-order valence-corrected chi connectivity index (χ2v) is 5.06. The summed E-state index contributed by atoms with van der Waals surface area (Å²) in [5.74, 6) is -1.11. The molecule has 0 spiro atoms. The maximum absolute atomic E-state index is 11.7. The lowest BCUT2D eigenvalue weighted by molar-refractivity contribution is -0.125. The summed E-state index contributed by atoms with van der Waals surface area (Å²) in [5, 5.41) is 21.0. The third-order valence-corrected chi connectivity index (χ3v) is 2.47. The molecule has 0 radical (unpaired) electrons. The molecule has 0 unspecified atom stereocenters. The highest BCUT2D eigenvalue weighted by atomic mass is 16.3. The first kappa shape index (κ1) is 14.0. The smallest absolute Gasteiger partial charge is 0.255 e. The number of amides is 1. The van der Waals surface area contributed by atoms with E-state index in [0.717, 1.165) is 6.07 Å². The number of aromatic hydroxyl groups is 2. The van der Waals surface area contributed by atoms with Gasteiger partial charge < -0.3 is 15.5 Å². The van der Waals surface area contributed by atoms with Crippen LogP contribution in [0.5, 0.6) is 11.5 Å². The number of carbonyl (C=O) groups excluding carboxylic acids is 2. The molecule has 0 aliphatic carbocycles. The Morgan fingerprint density at radius 3 is 2.33 bits per heavy atom. The van der Waals surface area contributed by atoms with E-state index < -0.39 is 11.3 Å². The lowest BCUT2D eigenvalue weighted by Crippen LogP contribution is -2.35. The highest BCUT2D eigenvalue weighted by Crippen LogP contribution is 2.22. The van der Waals surface area contributed by atoms with Gasteiger partial charge in [0.25, 0.3) is 5.91 Å². The number of Topliss-reactive ketones (excluding diaryl/α,β-unsaturated/α-hetero) is 1. The zero-order chi connectivity index (χ0) is 13.9. The number of carbonyl (C=O) groups is 2. The van der Waals surface area contributed by atoms with E-state index >= 15 is 0 Å². The molecule has 1 aromatic carbocycles. The van der Waals surface area contributed by atoms with Crippen molar-refractivity contribution in [3.05, 3.63) is 23.8 Å². The van der Waals surface area contributed by atoms with E-state index in [1.54, 1.807) is 20.8 Å². The maximum Gasteiger partial charge on any atom is 0.255 e. The molecule has 1 aromatic rings.